The van der Waals surface area contributed by atoms with Gasteiger partial charge in [-0.2, -0.15) is 0 Å². The van der Waals surface area contributed by atoms with Crippen LogP contribution in [0.1, 0.15) is 0 Å². The predicted molar refractivity (Wildman–Crippen MR) is 71.9 cm³/mol. The van der Waals surface area contributed by atoms with E-state index in [4.69, 9.17) is 4.42 Å². The van der Waals surface area contributed by atoms with E-state index in [1.54, 1.807) is 0 Å². The molecule has 2 aromatic heterocycles. The summed E-state index contributed by atoms with van der Waals surface area (Å²) >= 11 is 5.61. The summed E-state index contributed by atoms with van der Waals surface area (Å²) in [6.45, 7) is 0. The molecule has 0 amide bonds. The molecular formula is C11H5BrINO. The number of pyridine rings is 1. The molecule has 0 aliphatic carbocycles. The molecule has 0 fully saturated rings. The molecule has 74 valence electrons. The highest BCUT2D eigenvalue weighted by atomic mass is 127. The van der Waals surface area contributed by atoms with Crippen LogP contribution in [0.25, 0.3) is 21.9 Å². The number of nitrogens with zero attached hydrogens (tertiary/aromatic N) is 1. The van der Waals surface area contributed by atoms with Crippen molar-refractivity contribution in [2.75, 3.05) is 0 Å². The van der Waals surface area contributed by atoms with Gasteiger partial charge in [0.25, 0.3) is 0 Å². The molecule has 2 heterocycles. The number of furan rings is 1. The van der Waals surface area contributed by atoms with Crippen LogP contribution in [-0.2, 0) is 0 Å². The minimum atomic E-state index is 0.891. The molecular weight excluding hydrogens is 369 g/mol. The quantitative estimate of drug-likeness (QED) is 0.432. The van der Waals surface area contributed by atoms with Crippen LogP contribution in [0.5, 0.6) is 0 Å². The monoisotopic (exact) mass is 373 g/mol. The summed E-state index contributed by atoms with van der Waals surface area (Å²) in [6, 6.07) is 7.97. The molecule has 1 aromatic carbocycles. The summed E-state index contributed by atoms with van der Waals surface area (Å²) in [4.78, 5) is 4.27. The van der Waals surface area contributed by atoms with E-state index < -0.39 is 0 Å². The Labute approximate surface area is 108 Å². The van der Waals surface area contributed by atoms with Crippen LogP contribution in [0.2, 0.25) is 0 Å². The van der Waals surface area contributed by atoms with Crippen LogP contribution in [-0.4, -0.2) is 4.98 Å². The second-order valence-electron chi connectivity index (χ2n) is 3.25. The number of halogens is 2. The van der Waals surface area contributed by atoms with Gasteiger partial charge in [-0.25, -0.2) is 4.98 Å². The van der Waals surface area contributed by atoms with E-state index in [-0.39, 0.29) is 0 Å². The Morgan fingerprint density at radius 2 is 1.93 bits per heavy atom. The first kappa shape index (κ1) is 9.59. The first-order valence-electron chi connectivity index (χ1n) is 4.37. The van der Waals surface area contributed by atoms with Crippen LogP contribution < -0.4 is 0 Å². The van der Waals surface area contributed by atoms with Crippen molar-refractivity contribution >= 4 is 60.5 Å². The van der Waals surface area contributed by atoms with Gasteiger partial charge in [0, 0.05) is 27.5 Å². The van der Waals surface area contributed by atoms with Crippen molar-refractivity contribution in [3.05, 3.63) is 38.6 Å². The zero-order chi connectivity index (χ0) is 10.4. The van der Waals surface area contributed by atoms with Crippen molar-refractivity contribution in [1.82, 2.24) is 4.98 Å². The summed E-state index contributed by atoms with van der Waals surface area (Å²) in [7, 11) is 0. The third-order valence-corrected chi connectivity index (χ3v) is 3.37. The second kappa shape index (κ2) is 3.45. The molecule has 0 atom stereocenters. The molecule has 0 N–H and O–H groups in total. The lowest BCUT2D eigenvalue weighted by molar-refractivity contribution is 0.668. The van der Waals surface area contributed by atoms with Gasteiger partial charge in [-0.05, 0) is 40.8 Å². The first-order chi connectivity index (χ1) is 7.24. The molecule has 3 aromatic rings. The number of fused-ring (bicyclic) bond motifs is 3. The summed E-state index contributed by atoms with van der Waals surface area (Å²) < 4.78 is 7.71. The highest BCUT2D eigenvalue weighted by Gasteiger charge is 2.07. The predicted octanol–water partition coefficient (Wildman–Crippen LogP) is 4.35. The lowest BCUT2D eigenvalue weighted by Gasteiger charge is -1.89. The summed E-state index contributed by atoms with van der Waals surface area (Å²) in [6.07, 6.45) is 1.86. The minimum Gasteiger partial charge on any atom is -0.456 e. The van der Waals surface area contributed by atoms with E-state index in [1.165, 1.54) is 0 Å². The van der Waals surface area contributed by atoms with Gasteiger partial charge in [0.1, 0.15) is 14.9 Å². The van der Waals surface area contributed by atoms with Crippen LogP contribution in [0.4, 0.5) is 0 Å². The molecule has 0 aliphatic rings. The van der Waals surface area contributed by atoms with Crippen molar-refractivity contribution in [2.24, 2.45) is 0 Å². The third kappa shape index (κ3) is 1.56. The maximum absolute atomic E-state index is 5.74. The Balaban J connectivity index is 2.51. The summed E-state index contributed by atoms with van der Waals surface area (Å²) in [5, 5.41) is 2.18. The van der Waals surface area contributed by atoms with Gasteiger partial charge >= 0.3 is 0 Å². The third-order valence-electron chi connectivity index (χ3n) is 2.29. The standard InChI is InChI=1S/C11H5BrINO/c12-6-1-2-7-8-5-14-11(13)4-10(8)15-9(7)3-6/h1-5H. The van der Waals surface area contributed by atoms with E-state index in [0.717, 1.165) is 30.1 Å². The molecule has 4 heteroatoms. The largest absolute Gasteiger partial charge is 0.456 e. The van der Waals surface area contributed by atoms with Gasteiger partial charge < -0.3 is 4.42 Å². The molecule has 2 nitrogen and oxygen atoms in total. The highest BCUT2D eigenvalue weighted by molar-refractivity contribution is 14.1. The number of hydrogen-bond donors (Lipinski definition) is 0. The van der Waals surface area contributed by atoms with Crippen LogP contribution in [0.3, 0.4) is 0 Å². The Bertz CT molecular complexity index is 606. The van der Waals surface area contributed by atoms with E-state index in [9.17, 15) is 0 Å². The number of aromatic nitrogens is 1. The lowest BCUT2D eigenvalue weighted by atomic mass is 10.2. The van der Waals surface area contributed by atoms with Gasteiger partial charge in [-0.1, -0.05) is 15.9 Å². The number of benzene rings is 1. The van der Waals surface area contributed by atoms with E-state index in [1.807, 2.05) is 30.5 Å². The van der Waals surface area contributed by atoms with Crippen molar-refractivity contribution in [2.45, 2.75) is 0 Å². The van der Waals surface area contributed by atoms with Crippen molar-refractivity contribution in [3.8, 4) is 0 Å². The van der Waals surface area contributed by atoms with Crippen molar-refractivity contribution < 1.29 is 4.42 Å². The molecule has 0 unspecified atom stereocenters. The molecule has 0 saturated carbocycles. The zero-order valence-electron chi connectivity index (χ0n) is 7.50. The Morgan fingerprint density at radius 1 is 1.13 bits per heavy atom. The topological polar surface area (TPSA) is 26.0 Å². The average molecular weight is 374 g/mol. The maximum Gasteiger partial charge on any atom is 0.139 e. The highest BCUT2D eigenvalue weighted by Crippen LogP contribution is 2.30. The molecule has 3 rings (SSSR count). The number of rotatable bonds is 0. The fourth-order valence-electron chi connectivity index (χ4n) is 1.62. The lowest BCUT2D eigenvalue weighted by Crippen LogP contribution is -1.76. The summed E-state index contributed by atoms with van der Waals surface area (Å²) in [5.41, 5.74) is 1.78. The van der Waals surface area contributed by atoms with E-state index in [0.29, 0.717) is 0 Å². The molecule has 0 aliphatic heterocycles. The second-order valence-corrected chi connectivity index (χ2v) is 5.27. The van der Waals surface area contributed by atoms with Crippen LogP contribution in [0, 0.1) is 3.70 Å². The Hall–Kier alpha value is -0.620. The zero-order valence-corrected chi connectivity index (χ0v) is 11.2. The summed E-state index contributed by atoms with van der Waals surface area (Å²) in [5.74, 6) is 0. The maximum atomic E-state index is 5.74. The van der Waals surface area contributed by atoms with Gasteiger partial charge in [0.05, 0.1) is 0 Å². The van der Waals surface area contributed by atoms with Gasteiger partial charge in [-0.15, -0.1) is 0 Å². The average Bonchev–Trinajstić information content (AvgIpc) is 2.53. The van der Waals surface area contributed by atoms with E-state index >= 15 is 0 Å². The number of hydrogen-bond acceptors (Lipinski definition) is 2. The van der Waals surface area contributed by atoms with Gasteiger partial charge in [0.15, 0.2) is 0 Å². The van der Waals surface area contributed by atoms with Crippen molar-refractivity contribution in [1.29, 1.82) is 0 Å². The molecule has 0 radical (unpaired) electrons. The van der Waals surface area contributed by atoms with Gasteiger partial charge in [0.2, 0.25) is 0 Å². The normalized spacial score (nSPS) is 11.3. The fraction of sp³-hybridized carbons (Fsp3) is 0. The van der Waals surface area contributed by atoms with Gasteiger partial charge in [-0.3, -0.25) is 0 Å². The molecule has 0 bridgehead atoms. The van der Waals surface area contributed by atoms with E-state index in [2.05, 4.69) is 43.5 Å². The Morgan fingerprint density at radius 3 is 2.80 bits per heavy atom. The molecule has 0 saturated heterocycles. The van der Waals surface area contributed by atoms with Crippen LogP contribution in [0.15, 0.2) is 39.4 Å². The molecule has 0 spiro atoms. The van der Waals surface area contributed by atoms with Crippen LogP contribution >= 0.6 is 38.5 Å². The molecule has 15 heavy (non-hydrogen) atoms. The van der Waals surface area contributed by atoms with Crippen molar-refractivity contribution in [3.63, 3.8) is 0 Å². The first-order valence-corrected chi connectivity index (χ1v) is 6.24. The minimum absolute atomic E-state index is 0.891. The fourth-order valence-corrected chi connectivity index (χ4v) is 2.38. The smallest absolute Gasteiger partial charge is 0.139 e. The Kier molecular flexibility index (Phi) is 2.21. The SMILES string of the molecule is Brc1ccc2c(c1)oc1cc(I)ncc12.